The zero-order valence-corrected chi connectivity index (χ0v) is 20.9. The highest BCUT2D eigenvalue weighted by molar-refractivity contribution is 7.89. The molecular formula is C23H32ClN5O3S. The summed E-state index contributed by atoms with van der Waals surface area (Å²) in [4.78, 5) is 19.0. The number of sulfonamides is 1. The quantitative estimate of drug-likeness (QED) is 0.585. The van der Waals surface area contributed by atoms with Crippen LogP contribution in [0.15, 0.2) is 41.3 Å². The first-order valence-corrected chi connectivity index (χ1v) is 13.0. The highest BCUT2D eigenvalue weighted by Crippen LogP contribution is 2.25. The number of aromatic nitrogens is 1. The summed E-state index contributed by atoms with van der Waals surface area (Å²) >= 11 is 5.91. The van der Waals surface area contributed by atoms with Crippen molar-refractivity contribution in [2.24, 2.45) is 0 Å². The van der Waals surface area contributed by atoms with Crippen molar-refractivity contribution in [3.8, 4) is 0 Å². The van der Waals surface area contributed by atoms with E-state index in [1.54, 1.807) is 28.6 Å². The number of rotatable bonds is 8. The smallest absolute Gasteiger partial charge is 0.319 e. The second-order valence-electron chi connectivity index (χ2n) is 8.25. The first-order valence-electron chi connectivity index (χ1n) is 11.2. The highest BCUT2D eigenvalue weighted by atomic mass is 35.5. The normalized spacial score (nSPS) is 15.5. The zero-order valence-electron chi connectivity index (χ0n) is 19.3. The molecule has 8 nitrogen and oxygen atoms in total. The zero-order chi connectivity index (χ0) is 24.0. The van der Waals surface area contributed by atoms with Gasteiger partial charge in [0.2, 0.25) is 10.0 Å². The van der Waals surface area contributed by atoms with Gasteiger partial charge in [-0.2, -0.15) is 4.31 Å². The van der Waals surface area contributed by atoms with Crippen molar-refractivity contribution < 1.29 is 13.2 Å². The van der Waals surface area contributed by atoms with Gasteiger partial charge in [-0.1, -0.05) is 18.5 Å². The van der Waals surface area contributed by atoms with Crippen LogP contribution in [0, 0.1) is 13.8 Å². The number of aryl methyl sites for hydroxylation is 2. The van der Waals surface area contributed by atoms with Gasteiger partial charge in [0.1, 0.15) is 0 Å². The Balaban J connectivity index is 1.46. The average molecular weight is 494 g/mol. The van der Waals surface area contributed by atoms with Crippen LogP contribution in [0.4, 0.5) is 10.5 Å². The van der Waals surface area contributed by atoms with E-state index in [1.807, 2.05) is 32.9 Å². The molecule has 2 aromatic rings. The van der Waals surface area contributed by atoms with E-state index in [-0.39, 0.29) is 17.0 Å². The standard InChI is InChI=1S/C23H32ClN5O3S/c1-4-29(33(31,32)22-7-5-19(24)6-8-22)21-9-12-28(13-10-21)14-11-25-23(30)27-20-15-17(2)26-18(3)16-20/h5-8,15-16,21H,4,9-14H2,1-3H3,(H2,25,26,27,30). The third kappa shape index (κ3) is 6.89. The van der Waals surface area contributed by atoms with Crippen molar-refractivity contribution in [2.45, 2.75) is 44.6 Å². The summed E-state index contributed by atoms with van der Waals surface area (Å²) < 4.78 is 27.8. The van der Waals surface area contributed by atoms with Crippen LogP contribution in [0.5, 0.6) is 0 Å². The Morgan fingerprint density at radius 2 is 1.76 bits per heavy atom. The van der Waals surface area contributed by atoms with Crippen molar-refractivity contribution in [1.82, 2.24) is 19.5 Å². The molecule has 180 valence electrons. The fourth-order valence-electron chi connectivity index (χ4n) is 4.21. The van der Waals surface area contributed by atoms with E-state index in [9.17, 15) is 13.2 Å². The van der Waals surface area contributed by atoms with Gasteiger partial charge in [0.05, 0.1) is 4.90 Å². The number of piperidine rings is 1. The molecule has 33 heavy (non-hydrogen) atoms. The molecule has 1 aliphatic rings. The van der Waals surface area contributed by atoms with Gasteiger partial charge in [-0.25, -0.2) is 13.2 Å². The number of pyridine rings is 1. The lowest BCUT2D eigenvalue weighted by molar-refractivity contribution is 0.162. The van der Waals surface area contributed by atoms with Crippen LogP contribution in [0.2, 0.25) is 5.02 Å². The van der Waals surface area contributed by atoms with Gasteiger partial charge >= 0.3 is 6.03 Å². The van der Waals surface area contributed by atoms with E-state index < -0.39 is 10.0 Å². The third-order valence-corrected chi connectivity index (χ3v) is 8.04. The molecule has 0 aliphatic carbocycles. The summed E-state index contributed by atoms with van der Waals surface area (Å²) in [5, 5.41) is 6.23. The summed E-state index contributed by atoms with van der Waals surface area (Å²) in [6, 6.07) is 9.68. The summed E-state index contributed by atoms with van der Waals surface area (Å²) in [6.45, 7) is 8.86. The molecule has 0 spiro atoms. The number of carbonyl (C=O) groups excluding carboxylic acids is 1. The second-order valence-corrected chi connectivity index (χ2v) is 10.6. The van der Waals surface area contributed by atoms with Crippen molar-refractivity contribution in [2.75, 3.05) is 38.0 Å². The van der Waals surface area contributed by atoms with E-state index in [0.717, 1.165) is 43.0 Å². The molecule has 1 aromatic heterocycles. The fourth-order valence-corrected chi connectivity index (χ4v) is 6.03. The number of nitrogens with zero attached hydrogens (tertiary/aromatic N) is 3. The first kappa shape index (κ1) is 25.4. The van der Waals surface area contributed by atoms with Gasteiger partial charge in [-0.05, 0) is 76.2 Å². The van der Waals surface area contributed by atoms with Crippen LogP contribution in [0.1, 0.15) is 31.2 Å². The van der Waals surface area contributed by atoms with Crippen molar-refractivity contribution in [3.05, 3.63) is 52.8 Å². The first-order chi connectivity index (χ1) is 15.7. The number of hydrogen-bond donors (Lipinski definition) is 2. The summed E-state index contributed by atoms with van der Waals surface area (Å²) in [7, 11) is -3.56. The van der Waals surface area contributed by atoms with Crippen LogP contribution >= 0.6 is 11.6 Å². The SMILES string of the molecule is CCN(C1CCN(CCNC(=O)Nc2cc(C)nc(C)c2)CC1)S(=O)(=O)c1ccc(Cl)cc1. The molecule has 1 aromatic carbocycles. The van der Waals surface area contributed by atoms with Gasteiger partial charge in [0.25, 0.3) is 0 Å². The Bertz CT molecular complexity index is 1030. The Hall–Kier alpha value is -2.20. The molecule has 0 bridgehead atoms. The minimum absolute atomic E-state index is 0.0404. The van der Waals surface area contributed by atoms with Crippen LogP contribution in [0.3, 0.4) is 0 Å². The molecule has 3 rings (SSSR count). The predicted octanol–water partition coefficient (Wildman–Crippen LogP) is 3.65. The molecule has 2 amide bonds. The Morgan fingerprint density at radius 3 is 2.33 bits per heavy atom. The molecule has 0 radical (unpaired) electrons. The minimum Gasteiger partial charge on any atom is -0.337 e. The molecule has 2 N–H and O–H groups in total. The van der Waals surface area contributed by atoms with Gasteiger partial charge in [-0.3, -0.25) is 4.98 Å². The number of carbonyl (C=O) groups is 1. The Kier molecular flexibility index (Phi) is 8.69. The maximum Gasteiger partial charge on any atom is 0.319 e. The molecule has 2 heterocycles. The maximum absolute atomic E-state index is 13.1. The Labute approximate surface area is 201 Å². The van der Waals surface area contributed by atoms with Crippen LogP contribution in [-0.4, -0.2) is 67.4 Å². The molecule has 1 fully saturated rings. The number of halogens is 1. The lowest BCUT2D eigenvalue weighted by atomic mass is 10.1. The number of benzene rings is 1. The summed E-state index contributed by atoms with van der Waals surface area (Å²) in [6.07, 6.45) is 1.50. The van der Waals surface area contributed by atoms with E-state index in [0.29, 0.717) is 24.7 Å². The molecular weight excluding hydrogens is 462 g/mol. The van der Waals surface area contributed by atoms with E-state index in [1.165, 1.54) is 0 Å². The van der Waals surface area contributed by atoms with Gasteiger partial charge in [-0.15, -0.1) is 0 Å². The number of likely N-dealkylation sites (tertiary alicyclic amines) is 1. The molecule has 0 unspecified atom stereocenters. The second kappa shape index (κ2) is 11.3. The molecule has 1 aliphatic heterocycles. The minimum atomic E-state index is -3.56. The third-order valence-electron chi connectivity index (χ3n) is 5.75. The van der Waals surface area contributed by atoms with Crippen LogP contribution in [0.25, 0.3) is 0 Å². The van der Waals surface area contributed by atoms with Crippen molar-refractivity contribution >= 4 is 33.3 Å². The Morgan fingerprint density at radius 1 is 1.15 bits per heavy atom. The summed E-state index contributed by atoms with van der Waals surface area (Å²) in [5.41, 5.74) is 2.43. The monoisotopic (exact) mass is 493 g/mol. The summed E-state index contributed by atoms with van der Waals surface area (Å²) in [5.74, 6) is 0. The largest absolute Gasteiger partial charge is 0.337 e. The fraction of sp³-hybridized carbons (Fsp3) is 0.478. The molecule has 10 heteroatoms. The van der Waals surface area contributed by atoms with Gasteiger partial charge in [0, 0.05) is 47.8 Å². The highest BCUT2D eigenvalue weighted by Gasteiger charge is 2.32. The maximum atomic E-state index is 13.1. The van der Waals surface area contributed by atoms with Gasteiger partial charge in [0.15, 0.2) is 0 Å². The average Bonchev–Trinajstić information content (AvgIpc) is 2.75. The number of anilines is 1. The topological polar surface area (TPSA) is 94.6 Å². The van der Waals surface area contributed by atoms with Crippen molar-refractivity contribution in [1.29, 1.82) is 0 Å². The number of urea groups is 1. The molecule has 1 saturated heterocycles. The molecule has 0 atom stereocenters. The van der Waals surface area contributed by atoms with Crippen molar-refractivity contribution in [3.63, 3.8) is 0 Å². The van der Waals surface area contributed by atoms with Crippen LogP contribution < -0.4 is 10.6 Å². The predicted molar refractivity (Wildman–Crippen MR) is 131 cm³/mol. The molecule has 0 saturated carbocycles. The lowest BCUT2D eigenvalue weighted by Crippen LogP contribution is -2.48. The lowest BCUT2D eigenvalue weighted by Gasteiger charge is -2.37. The van der Waals surface area contributed by atoms with E-state index in [2.05, 4.69) is 20.5 Å². The number of hydrogen-bond acceptors (Lipinski definition) is 5. The van der Waals surface area contributed by atoms with E-state index in [4.69, 9.17) is 11.6 Å². The number of amides is 2. The number of nitrogens with one attached hydrogen (secondary N) is 2. The van der Waals surface area contributed by atoms with Crippen LogP contribution in [-0.2, 0) is 10.0 Å². The van der Waals surface area contributed by atoms with E-state index >= 15 is 0 Å². The van der Waals surface area contributed by atoms with Gasteiger partial charge < -0.3 is 15.5 Å².